The number of hydrogen-bond donors (Lipinski definition) is 1. The van der Waals surface area contributed by atoms with Crippen LogP contribution in [0.25, 0.3) is 10.8 Å². The van der Waals surface area contributed by atoms with Crippen LogP contribution in [0.3, 0.4) is 0 Å². The molecule has 0 aliphatic heterocycles. The quantitative estimate of drug-likeness (QED) is 0.584. The number of fused-ring (bicyclic) bond motifs is 1. The summed E-state index contributed by atoms with van der Waals surface area (Å²) in [6.45, 7) is 4.61. The molecule has 0 radical (unpaired) electrons. The molecule has 1 N–H and O–H groups in total. The first-order chi connectivity index (χ1) is 10.6. The number of nitro benzene ring substituents is 1. The van der Waals surface area contributed by atoms with Crippen LogP contribution in [-0.2, 0) is 6.54 Å². The molecule has 0 unspecified atom stereocenters. The number of benzene rings is 1. The van der Waals surface area contributed by atoms with Crippen LogP contribution in [0.5, 0.6) is 0 Å². The molecule has 0 aliphatic rings. The van der Waals surface area contributed by atoms with Gasteiger partial charge in [-0.3, -0.25) is 15.1 Å². The summed E-state index contributed by atoms with van der Waals surface area (Å²) in [5.41, 5.74) is 1.91. The summed E-state index contributed by atoms with van der Waals surface area (Å²) in [6, 6.07) is 5.02. The number of aromatic nitrogens is 2. The number of anilines is 1. The van der Waals surface area contributed by atoms with Crippen molar-refractivity contribution in [2.24, 2.45) is 0 Å². The Bertz CT molecular complexity index is 860. The van der Waals surface area contributed by atoms with Crippen LogP contribution >= 0.6 is 11.3 Å². The van der Waals surface area contributed by atoms with E-state index >= 15 is 0 Å². The fourth-order valence-corrected chi connectivity index (χ4v) is 3.24. The maximum absolute atomic E-state index is 11.1. The number of nitrogens with one attached hydrogen (secondary N) is 1. The predicted octanol–water partition coefficient (Wildman–Crippen LogP) is 3.83. The van der Waals surface area contributed by atoms with Gasteiger partial charge in [-0.15, -0.1) is 11.3 Å². The lowest BCUT2D eigenvalue weighted by Crippen LogP contribution is -2.02. The molecule has 1 aromatic carbocycles. The first-order valence-corrected chi connectivity index (χ1v) is 7.56. The lowest BCUT2D eigenvalue weighted by molar-refractivity contribution is -0.383. The van der Waals surface area contributed by atoms with Crippen molar-refractivity contribution in [2.75, 3.05) is 5.32 Å². The second kappa shape index (κ2) is 5.69. The third-order valence-electron chi connectivity index (χ3n) is 3.44. The summed E-state index contributed by atoms with van der Waals surface area (Å²) in [7, 11) is 0. The second-order valence-corrected chi connectivity index (χ2v) is 6.31. The Morgan fingerprint density at radius 3 is 2.77 bits per heavy atom. The van der Waals surface area contributed by atoms with Gasteiger partial charge in [0.15, 0.2) is 0 Å². The number of hydrogen-bond acceptors (Lipinski definition) is 6. The second-order valence-electron chi connectivity index (χ2n) is 4.90. The molecule has 2 aromatic heterocycles. The third kappa shape index (κ3) is 2.62. The predicted molar refractivity (Wildman–Crippen MR) is 87.3 cm³/mol. The molecule has 2 heterocycles. The molecule has 0 atom stereocenters. The molecular weight excluding hydrogens is 300 g/mol. The van der Waals surface area contributed by atoms with Gasteiger partial charge in [0.05, 0.1) is 27.6 Å². The lowest BCUT2D eigenvalue weighted by atomic mass is 10.1. The van der Waals surface area contributed by atoms with Crippen LogP contribution in [0.2, 0.25) is 0 Å². The first kappa shape index (κ1) is 14.4. The summed E-state index contributed by atoms with van der Waals surface area (Å²) >= 11 is 1.66. The Balaban J connectivity index is 1.96. The monoisotopic (exact) mass is 314 g/mol. The molecule has 22 heavy (non-hydrogen) atoms. The highest BCUT2D eigenvalue weighted by molar-refractivity contribution is 7.11. The fraction of sp³-hybridized carbons (Fsp3) is 0.200. The molecule has 6 nitrogen and oxygen atoms in total. The summed E-state index contributed by atoms with van der Waals surface area (Å²) in [5.74, 6) is 0. The van der Waals surface area contributed by atoms with E-state index in [0.717, 1.165) is 21.8 Å². The van der Waals surface area contributed by atoms with Crippen LogP contribution < -0.4 is 5.32 Å². The number of rotatable bonds is 4. The lowest BCUT2D eigenvalue weighted by Gasteiger charge is -2.09. The summed E-state index contributed by atoms with van der Waals surface area (Å²) in [5, 5.41) is 16.8. The van der Waals surface area contributed by atoms with E-state index in [1.54, 1.807) is 29.7 Å². The number of aryl methyl sites for hydroxylation is 2. The number of non-ortho nitro benzene ring substituents is 1. The van der Waals surface area contributed by atoms with E-state index < -0.39 is 0 Å². The molecule has 0 fully saturated rings. The molecule has 0 spiro atoms. The molecule has 0 saturated heterocycles. The normalized spacial score (nSPS) is 10.8. The van der Waals surface area contributed by atoms with Crippen LogP contribution in [0, 0.1) is 24.0 Å². The Morgan fingerprint density at radius 2 is 2.09 bits per heavy atom. The van der Waals surface area contributed by atoms with Crippen molar-refractivity contribution in [1.29, 1.82) is 0 Å². The Hall–Kier alpha value is -2.54. The first-order valence-electron chi connectivity index (χ1n) is 6.74. The number of thiazole rings is 1. The van der Waals surface area contributed by atoms with Gasteiger partial charge in [-0.05, 0) is 26.0 Å². The van der Waals surface area contributed by atoms with Gasteiger partial charge in [0, 0.05) is 34.4 Å². The van der Waals surface area contributed by atoms with E-state index in [9.17, 15) is 10.1 Å². The van der Waals surface area contributed by atoms with Crippen LogP contribution in [-0.4, -0.2) is 14.9 Å². The molecule has 0 saturated carbocycles. The number of pyridine rings is 1. The minimum absolute atomic E-state index is 0.0642. The van der Waals surface area contributed by atoms with Crippen molar-refractivity contribution in [3.63, 3.8) is 0 Å². The minimum atomic E-state index is -0.387. The topological polar surface area (TPSA) is 81.0 Å². The van der Waals surface area contributed by atoms with Crippen LogP contribution in [0.15, 0.2) is 30.6 Å². The zero-order chi connectivity index (χ0) is 15.7. The zero-order valence-electron chi connectivity index (χ0n) is 12.2. The Labute approximate surface area is 131 Å². The molecule has 3 aromatic rings. The van der Waals surface area contributed by atoms with Crippen LogP contribution in [0.4, 0.5) is 11.4 Å². The van der Waals surface area contributed by atoms with Gasteiger partial charge in [-0.1, -0.05) is 0 Å². The standard InChI is InChI=1S/C15H14N4O2S/c1-9-14(18-10(2)22-9)8-17-13-3-4-15(19(20)21)12-7-16-6-5-11(12)13/h3-7,17H,8H2,1-2H3. The number of nitro groups is 1. The highest BCUT2D eigenvalue weighted by Gasteiger charge is 2.14. The summed E-state index contributed by atoms with van der Waals surface area (Å²) < 4.78 is 0. The van der Waals surface area contributed by atoms with Crippen molar-refractivity contribution < 1.29 is 4.92 Å². The van der Waals surface area contributed by atoms with E-state index in [4.69, 9.17) is 0 Å². The van der Waals surface area contributed by atoms with Crippen molar-refractivity contribution >= 4 is 33.5 Å². The molecular formula is C15H14N4O2S. The molecule has 0 bridgehead atoms. The third-order valence-corrected chi connectivity index (χ3v) is 4.37. The van der Waals surface area contributed by atoms with Crippen molar-refractivity contribution in [3.05, 3.63) is 56.3 Å². The molecule has 0 amide bonds. The minimum Gasteiger partial charge on any atom is -0.379 e. The van der Waals surface area contributed by atoms with Gasteiger partial charge >= 0.3 is 0 Å². The molecule has 7 heteroatoms. The van der Waals surface area contributed by atoms with E-state index in [1.165, 1.54) is 17.1 Å². The van der Waals surface area contributed by atoms with Crippen molar-refractivity contribution in [2.45, 2.75) is 20.4 Å². The van der Waals surface area contributed by atoms with E-state index in [1.807, 2.05) is 13.8 Å². The maximum atomic E-state index is 11.1. The highest BCUT2D eigenvalue weighted by atomic mass is 32.1. The fourth-order valence-electron chi connectivity index (χ4n) is 2.40. The van der Waals surface area contributed by atoms with Gasteiger partial charge < -0.3 is 5.32 Å². The summed E-state index contributed by atoms with van der Waals surface area (Å²) in [6.07, 6.45) is 3.16. The van der Waals surface area contributed by atoms with Crippen molar-refractivity contribution in [1.82, 2.24) is 9.97 Å². The van der Waals surface area contributed by atoms with Gasteiger partial charge in [-0.25, -0.2) is 4.98 Å². The zero-order valence-corrected chi connectivity index (χ0v) is 13.0. The Kier molecular flexibility index (Phi) is 3.72. The van der Waals surface area contributed by atoms with Crippen LogP contribution in [0.1, 0.15) is 15.6 Å². The van der Waals surface area contributed by atoms with Gasteiger partial charge in [0.1, 0.15) is 0 Å². The van der Waals surface area contributed by atoms with Gasteiger partial charge in [-0.2, -0.15) is 0 Å². The average Bonchev–Trinajstić information content (AvgIpc) is 2.82. The van der Waals surface area contributed by atoms with E-state index in [2.05, 4.69) is 15.3 Å². The smallest absolute Gasteiger partial charge is 0.278 e. The molecule has 112 valence electrons. The van der Waals surface area contributed by atoms with Gasteiger partial charge in [0.2, 0.25) is 0 Å². The van der Waals surface area contributed by atoms with E-state index in [-0.39, 0.29) is 10.6 Å². The van der Waals surface area contributed by atoms with Gasteiger partial charge in [0.25, 0.3) is 5.69 Å². The maximum Gasteiger partial charge on any atom is 0.278 e. The number of nitrogens with zero attached hydrogens (tertiary/aromatic N) is 3. The Morgan fingerprint density at radius 1 is 1.27 bits per heavy atom. The average molecular weight is 314 g/mol. The highest BCUT2D eigenvalue weighted by Crippen LogP contribution is 2.31. The largest absolute Gasteiger partial charge is 0.379 e. The van der Waals surface area contributed by atoms with Crippen molar-refractivity contribution in [3.8, 4) is 0 Å². The molecule has 3 rings (SSSR count). The van der Waals surface area contributed by atoms with E-state index in [0.29, 0.717) is 11.9 Å². The summed E-state index contributed by atoms with van der Waals surface area (Å²) in [4.78, 5) is 20.4. The molecule has 0 aliphatic carbocycles. The SMILES string of the molecule is Cc1nc(CNc2ccc([N+](=O)[O-])c3cnccc23)c(C)s1.